The van der Waals surface area contributed by atoms with Crippen molar-refractivity contribution in [1.82, 2.24) is 10.3 Å². The second-order valence-corrected chi connectivity index (χ2v) is 7.44. The van der Waals surface area contributed by atoms with Gasteiger partial charge in [0.25, 0.3) is 0 Å². The number of nitrogens with two attached hydrogens (primary N) is 1. The Bertz CT molecular complexity index is 738. The van der Waals surface area contributed by atoms with Crippen molar-refractivity contribution in [2.75, 3.05) is 19.8 Å². The fraction of sp³-hybridized carbons (Fsp3) is 0.526. The van der Waals surface area contributed by atoms with Gasteiger partial charge in [-0.05, 0) is 44.7 Å². The third-order valence-electron chi connectivity index (χ3n) is 4.33. The molecule has 3 N–H and O–H groups in total. The van der Waals surface area contributed by atoms with Gasteiger partial charge in [-0.15, -0.1) is 11.3 Å². The Kier molecular flexibility index (Phi) is 8.15. The predicted molar refractivity (Wildman–Crippen MR) is 104 cm³/mol. The summed E-state index contributed by atoms with van der Waals surface area (Å²) in [6.07, 6.45) is 7.10. The molecule has 0 spiro atoms. The van der Waals surface area contributed by atoms with Crippen molar-refractivity contribution >= 4 is 35.7 Å². The molecule has 6 nitrogen and oxygen atoms in total. The van der Waals surface area contributed by atoms with E-state index in [4.69, 9.17) is 10.5 Å². The molecule has 1 aliphatic heterocycles. The van der Waals surface area contributed by atoms with E-state index in [2.05, 4.69) is 23.5 Å². The zero-order valence-corrected chi connectivity index (χ0v) is 15.9. The summed E-state index contributed by atoms with van der Waals surface area (Å²) in [7, 11) is 0. The van der Waals surface area contributed by atoms with Crippen LogP contribution >= 0.6 is 11.3 Å². The average Bonchev–Trinajstić information content (AvgIpc) is 3.02. The Morgan fingerprint density at radius 2 is 2.27 bits per heavy atom. The lowest BCUT2D eigenvalue weighted by Crippen LogP contribution is -2.45. The van der Waals surface area contributed by atoms with E-state index in [0.717, 1.165) is 25.7 Å². The number of hydrogen-bond acceptors (Lipinski definition) is 6. The average molecular weight is 378 g/mol. The van der Waals surface area contributed by atoms with Crippen LogP contribution in [0.5, 0.6) is 0 Å². The molecule has 0 radical (unpaired) electrons. The number of aromatic nitrogens is 1. The number of carbonyl (C=O) groups excluding carboxylic acids is 2. The van der Waals surface area contributed by atoms with E-state index in [0.29, 0.717) is 41.1 Å². The van der Waals surface area contributed by atoms with Crippen molar-refractivity contribution in [1.29, 1.82) is 0 Å². The van der Waals surface area contributed by atoms with Crippen LogP contribution < -0.4 is 20.9 Å². The highest BCUT2D eigenvalue weighted by atomic mass is 32.1. The highest BCUT2D eigenvalue weighted by molar-refractivity contribution is 7.11. The van der Waals surface area contributed by atoms with Crippen LogP contribution in [0.2, 0.25) is 0 Å². The Labute approximate surface area is 157 Å². The van der Waals surface area contributed by atoms with E-state index < -0.39 is 6.04 Å². The Balaban J connectivity index is 2.14. The first-order valence-electron chi connectivity index (χ1n) is 8.97. The van der Waals surface area contributed by atoms with Gasteiger partial charge in [0.15, 0.2) is 5.01 Å². The van der Waals surface area contributed by atoms with Gasteiger partial charge in [-0.25, -0.2) is 4.98 Å². The highest BCUT2D eigenvalue weighted by Crippen LogP contribution is 2.15. The van der Waals surface area contributed by atoms with Crippen LogP contribution in [0.4, 0.5) is 0 Å². The molecule has 0 aromatic carbocycles. The predicted octanol–water partition coefficient (Wildman–Crippen LogP) is 0.743. The molecule has 26 heavy (non-hydrogen) atoms. The van der Waals surface area contributed by atoms with E-state index >= 15 is 0 Å². The number of nitrogens with zero attached hydrogens (tertiary/aromatic N) is 1. The molecule has 2 heterocycles. The first kappa shape index (κ1) is 20.5. The third kappa shape index (κ3) is 5.59. The quantitative estimate of drug-likeness (QED) is 0.489. The van der Waals surface area contributed by atoms with Crippen LogP contribution in [-0.4, -0.2) is 42.5 Å². The monoisotopic (exact) mass is 377 g/mol. The molecule has 0 bridgehead atoms. The van der Waals surface area contributed by atoms with Gasteiger partial charge in [-0.2, -0.15) is 0 Å². The standard InChI is InChI=1S/C19H27N3O3S/c1-3-7-15-13(2)26-19(22-15)17(23)16(9-4-5-10-20)21-18(24)14-8-6-11-25-12-14/h3,7,14,16H,1-2,4-6,8-12,20H2,(H,21,24)/b15-7+. The van der Waals surface area contributed by atoms with Gasteiger partial charge < -0.3 is 15.8 Å². The fourth-order valence-electron chi connectivity index (χ4n) is 2.86. The molecule has 1 fully saturated rings. The van der Waals surface area contributed by atoms with Gasteiger partial charge in [-0.1, -0.05) is 19.2 Å². The van der Waals surface area contributed by atoms with Gasteiger partial charge in [0, 0.05) is 11.1 Å². The molecule has 2 atom stereocenters. The van der Waals surface area contributed by atoms with Gasteiger partial charge in [0.05, 0.1) is 23.9 Å². The number of rotatable bonds is 9. The number of amides is 1. The Morgan fingerprint density at radius 3 is 2.92 bits per heavy atom. The summed E-state index contributed by atoms with van der Waals surface area (Å²) in [5.74, 6) is -0.497. The van der Waals surface area contributed by atoms with Gasteiger partial charge in [0.1, 0.15) is 0 Å². The van der Waals surface area contributed by atoms with Crippen LogP contribution in [0, 0.1) is 5.92 Å². The SMILES string of the molecule is C=C/C=c1/nc(C(=O)C(CCCCN)NC(=O)C2CCCOC2)sc1=C. The number of unbranched alkanes of at least 4 members (excludes halogenated alkanes) is 1. The number of hydrogen-bond donors (Lipinski definition) is 2. The smallest absolute Gasteiger partial charge is 0.226 e. The van der Waals surface area contributed by atoms with Crippen LogP contribution in [0.25, 0.3) is 12.7 Å². The highest BCUT2D eigenvalue weighted by Gasteiger charge is 2.28. The molecule has 1 amide bonds. The normalized spacial score (nSPS) is 19.1. The summed E-state index contributed by atoms with van der Waals surface area (Å²) >= 11 is 1.24. The van der Waals surface area contributed by atoms with Gasteiger partial charge in [-0.3, -0.25) is 9.59 Å². The lowest BCUT2D eigenvalue weighted by molar-refractivity contribution is -0.129. The number of carbonyl (C=O) groups is 2. The molecule has 1 aliphatic rings. The topological polar surface area (TPSA) is 94.3 Å². The molecule has 7 heteroatoms. The molecule has 0 aliphatic carbocycles. The molecule has 1 aromatic rings. The Morgan fingerprint density at radius 1 is 1.46 bits per heavy atom. The number of Topliss-reactive ketones (excluding diaryl/α,β-unsaturated/α-hetero) is 1. The second kappa shape index (κ2) is 10.4. The minimum absolute atomic E-state index is 0.125. The summed E-state index contributed by atoms with van der Waals surface area (Å²) < 4.78 is 6.09. The molecule has 1 aromatic heterocycles. The first-order valence-corrected chi connectivity index (χ1v) is 9.79. The van der Waals surface area contributed by atoms with E-state index in [1.807, 2.05) is 0 Å². The lowest BCUT2D eigenvalue weighted by atomic mass is 9.99. The van der Waals surface area contributed by atoms with E-state index in [1.165, 1.54) is 11.3 Å². The Hall–Kier alpha value is -1.83. The summed E-state index contributed by atoms with van der Waals surface area (Å²) in [5, 5.41) is 3.91. The maximum absolute atomic E-state index is 12.9. The molecule has 1 saturated heterocycles. The lowest BCUT2D eigenvalue weighted by Gasteiger charge is -2.24. The van der Waals surface area contributed by atoms with Crippen molar-refractivity contribution in [3.63, 3.8) is 0 Å². The van der Waals surface area contributed by atoms with Crippen LogP contribution in [0.1, 0.15) is 41.9 Å². The van der Waals surface area contributed by atoms with Gasteiger partial charge >= 0.3 is 0 Å². The minimum Gasteiger partial charge on any atom is -0.381 e. The van der Waals surface area contributed by atoms with Crippen LogP contribution in [0.15, 0.2) is 12.7 Å². The summed E-state index contributed by atoms with van der Waals surface area (Å²) in [4.78, 5) is 29.8. The summed E-state index contributed by atoms with van der Waals surface area (Å²) in [5.41, 5.74) is 5.56. The van der Waals surface area contributed by atoms with Crippen LogP contribution in [-0.2, 0) is 9.53 Å². The first-order chi connectivity index (χ1) is 12.6. The van der Waals surface area contributed by atoms with E-state index in [9.17, 15) is 9.59 Å². The number of thiazole rings is 1. The number of ketones is 1. The minimum atomic E-state index is -0.599. The second-order valence-electron chi connectivity index (χ2n) is 6.35. The van der Waals surface area contributed by atoms with E-state index in [-0.39, 0.29) is 17.6 Å². The van der Waals surface area contributed by atoms with E-state index in [1.54, 1.807) is 12.2 Å². The number of ether oxygens (including phenoxy) is 1. The molecule has 0 saturated carbocycles. The van der Waals surface area contributed by atoms with Crippen molar-refractivity contribution in [2.24, 2.45) is 11.7 Å². The van der Waals surface area contributed by atoms with Crippen LogP contribution in [0.3, 0.4) is 0 Å². The maximum atomic E-state index is 12.9. The summed E-state index contributed by atoms with van der Waals surface area (Å²) in [6.45, 7) is 9.22. The fourth-order valence-corrected chi connectivity index (χ4v) is 3.70. The molecule has 142 valence electrons. The summed E-state index contributed by atoms with van der Waals surface area (Å²) in [6, 6.07) is -0.599. The van der Waals surface area contributed by atoms with Crippen molar-refractivity contribution in [3.05, 3.63) is 27.5 Å². The molecular formula is C19H27N3O3S. The number of nitrogens with one attached hydrogen (secondary N) is 1. The van der Waals surface area contributed by atoms with Crippen molar-refractivity contribution < 1.29 is 14.3 Å². The maximum Gasteiger partial charge on any atom is 0.226 e. The molecule has 2 unspecified atom stereocenters. The van der Waals surface area contributed by atoms with Gasteiger partial charge in [0.2, 0.25) is 11.7 Å². The zero-order valence-electron chi connectivity index (χ0n) is 15.0. The molecule has 2 rings (SSSR count). The van der Waals surface area contributed by atoms with Crippen molar-refractivity contribution in [2.45, 2.75) is 38.1 Å². The third-order valence-corrected chi connectivity index (χ3v) is 5.27. The van der Waals surface area contributed by atoms with Crippen molar-refractivity contribution in [3.8, 4) is 0 Å². The zero-order chi connectivity index (χ0) is 18.9. The number of allylic oxidation sites excluding steroid dienone is 1. The molecular weight excluding hydrogens is 350 g/mol. The largest absolute Gasteiger partial charge is 0.381 e.